The quantitative estimate of drug-likeness (QED) is 0.325. The van der Waals surface area contributed by atoms with Crippen LogP contribution in [0, 0.1) is 5.82 Å². The lowest BCUT2D eigenvalue weighted by atomic mass is 9.95. The van der Waals surface area contributed by atoms with Crippen molar-refractivity contribution in [1.29, 1.82) is 0 Å². The van der Waals surface area contributed by atoms with E-state index in [4.69, 9.17) is 4.74 Å². The molecule has 1 fully saturated rings. The second kappa shape index (κ2) is 9.65. The van der Waals surface area contributed by atoms with Crippen molar-refractivity contribution in [3.8, 4) is 5.75 Å². The maximum Gasteiger partial charge on any atom is 0.295 e. The van der Waals surface area contributed by atoms with Crippen LogP contribution in [0.15, 0.2) is 78.6 Å². The van der Waals surface area contributed by atoms with Gasteiger partial charge in [0, 0.05) is 24.5 Å². The Morgan fingerprint density at radius 1 is 1.09 bits per heavy atom. The van der Waals surface area contributed by atoms with Gasteiger partial charge in [-0.05, 0) is 66.1 Å². The third kappa shape index (κ3) is 4.62. The molecule has 1 aliphatic heterocycles. The van der Waals surface area contributed by atoms with E-state index in [1.165, 1.54) is 29.2 Å². The third-order valence-corrected chi connectivity index (χ3v) is 5.41. The first-order valence-corrected chi connectivity index (χ1v) is 10.7. The second-order valence-electron chi connectivity index (χ2n) is 7.71. The Kier molecular flexibility index (Phi) is 6.49. The van der Waals surface area contributed by atoms with E-state index in [-0.39, 0.29) is 23.4 Å². The van der Waals surface area contributed by atoms with E-state index in [2.05, 4.69) is 4.98 Å². The number of hydrogen-bond donors (Lipinski definition) is 1. The highest BCUT2D eigenvalue weighted by Crippen LogP contribution is 2.41. The van der Waals surface area contributed by atoms with Crippen molar-refractivity contribution >= 4 is 17.4 Å². The molecule has 0 radical (unpaired) electrons. The summed E-state index contributed by atoms with van der Waals surface area (Å²) in [4.78, 5) is 31.6. The summed E-state index contributed by atoms with van der Waals surface area (Å²) in [5, 5.41) is 11.0. The number of rotatable bonds is 7. The molecule has 2 heterocycles. The van der Waals surface area contributed by atoms with Gasteiger partial charge in [0.15, 0.2) is 0 Å². The van der Waals surface area contributed by atoms with Crippen LogP contribution < -0.4 is 4.74 Å². The van der Waals surface area contributed by atoms with E-state index in [0.29, 0.717) is 17.9 Å². The van der Waals surface area contributed by atoms with E-state index < -0.39 is 23.5 Å². The number of ether oxygens (including phenoxy) is 1. The fourth-order valence-electron chi connectivity index (χ4n) is 3.83. The molecule has 1 amide bonds. The van der Waals surface area contributed by atoms with Crippen molar-refractivity contribution in [2.75, 3.05) is 6.61 Å². The van der Waals surface area contributed by atoms with E-state index >= 15 is 0 Å². The van der Waals surface area contributed by atoms with Crippen LogP contribution in [-0.2, 0) is 16.1 Å². The highest BCUT2D eigenvalue weighted by atomic mass is 19.1. The van der Waals surface area contributed by atoms with E-state index in [1.807, 2.05) is 6.92 Å². The van der Waals surface area contributed by atoms with Crippen LogP contribution in [0.4, 0.5) is 4.39 Å². The minimum Gasteiger partial charge on any atom is -0.507 e. The largest absolute Gasteiger partial charge is 0.507 e. The summed E-state index contributed by atoms with van der Waals surface area (Å²) in [7, 11) is 0. The molecule has 1 aliphatic rings. The van der Waals surface area contributed by atoms with Crippen LogP contribution in [-0.4, -0.2) is 33.3 Å². The van der Waals surface area contributed by atoms with E-state index in [1.54, 1.807) is 48.8 Å². The lowest BCUT2D eigenvalue weighted by Crippen LogP contribution is -2.29. The number of ketones is 1. The smallest absolute Gasteiger partial charge is 0.295 e. The Morgan fingerprint density at radius 2 is 1.82 bits per heavy atom. The zero-order valence-electron chi connectivity index (χ0n) is 18.1. The SMILES string of the molecule is CCCOc1cccc(C2/C(=C(/O)c3ccc(F)cc3)C(=O)C(=O)N2Cc2ccncc2)c1. The second-order valence-corrected chi connectivity index (χ2v) is 7.71. The molecule has 1 aromatic heterocycles. The summed E-state index contributed by atoms with van der Waals surface area (Å²) in [5.41, 5.74) is 1.62. The zero-order valence-corrected chi connectivity index (χ0v) is 18.1. The van der Waals surface area contributed by atoms with Crippen LogP contribution in [0.25, 0.3) is 5.76 Å². The molecule has 7 heteroatoms. The van der Waals surface area contributed by atoms with Crippen molar-refractivity contribution in [3.63, 3.8) is 0 Å². The molecule has 0 aliphatic carbocycles. The van der Waals surface area contributed by atoms with Crippen LogP contribution in [0.5, 0.6) is 5.75 Å². The molecule has 0 spiro atoms. The number of likely N-dealkylation sites (tertiary alicyclic amines) is 1. The van der Waals surface area contributed by atoms with Crippen molar-refractivity contribution < 1.29 is 23.8 Å². The van der Waals surface area contributed by atoms with Gasteiger partial charge >= 0.3 is 0 Å². The first-order chi connectivity index (χ1) is 16.0. The van der Waals surface area contributed by atoms with Gasteiger partial charge in [0.2, 0.25) is 0 Å². The fourth-order valence-corrected chi connectivity index (χ4v) is 3.83. The van der Waals surface area contributed by atoms with Gasteiger partial charge in [-0.2, -0.15) is 0 Å². The number of benzene rings is 2. The topological polar surface area (TPSA) is 79.7 Å². The maximum absolute atomic E-state index is 13.4. The number of hydrogen-bond acceptors (Lipinski definition) is 5. The standard InChI is InChI=1S/C26H23FN2O4/c1-2-14-33-21-5-3-4-19(15-21)23-22(24(30)18-6-8-20(27)9-7-18)25(31)26(32)29(23)16-17-10-12-28-13-11-17/h3-13,15,23,30H,2,14,16H2,1H3/b24-22-. The normalized spacial score (nSPS) is 17.4. The molecule has 4 rings (SSSR count). The molecular formula is C26H23FN2O4. The highest BCUT2D eigenvalue weighted by Gasteiger charge is 2.46. The molecule has 1 atom stereocenters. The summed E-state index contributed by atoms with van der Waals surface area (Å²) >= 11 is 0. The fraction of sp³-hybridized carbons (Fsp3) is 0.192. The molecule has 2 aromatic carbocycles. The summed E-state index contributed by atoms with van der Waals surface area (Å²) in [5.74, 6) is -1.74. The van der Waals surface area contributed by atoms with Crippen molar-refractivity contribution in [3.05, 3.63) is 101 Å². The third-order valence-electron chi connectivity index (χ3n) is 5.41. The van der Waals surface area contributed by atoms with Gasteiger partial charge in [-0.25, -0.2) is 4.39 Å². The predicted molar refractivity (Wildman–Crippen MR) is 121 cm³/mol. The Labute approximate surface area is 191 Å². The van der Waals surface area contributed by atoms with E-state index in [0.717, 1.165) is 12.0 Å². The van der Waals surface area contributed by atoms with Crippen LogP contribution in [0.3, 0.4) is 0 Å². The average molecular weight is 446 g/mol. The Bertz CT molecular complexity index is 1190. The molecule has 1 unspecified atom stereocenters. The van der Waals surface area contributed by atoms with Crippen molar-refractivity contribution in [1.82, 2.24) is 9.88 Å². The molecule has 6 nitrogen and oxygen atoms in total. The number of pyridine rings is 1. The number of Topliss-reactive ketones (excluding diaryl/α,β-unsaturated/α-hetero) is 1. The van der Waals surface area contributed by atoms with Crippen LogP contribution in [0.2, 0.25) is 0 Å². The number of nitrogens with zero attached hydrogens (tertiary/aromatic N) is 2. The predicted octanol–water partition coefficient (Wildman–Crippen LogP) is 4.63. The zero-order chi connectivity index (χ0) is 23.4. The number of carbonyl (C=O) groups excluding carboxylic acids is 2. The van der Waals surface area contributed by atoms with Gasteiger partial charge in [0.1, 0.15) is 17.3 Å². The minimum atomic E-state index is -0.839. The number of amides is 1. The number of aliphatic hydroxyl groups is 1. The van der Waals surface area contributed by atoms with Gasteiger partial charge in [-0.1, -0.05) is 19.1 Å². The van der Waals surface area contributed by atoms with Crippen molar-refractivity contribution in [2.45, 2.75) is 25.9 Å². The van der Waals surface area contributed by atoms with Crippen molar-refractivity contribution in [2.24, 2.45) is 0 Å². The van der Waals surface area contributed by atoms with Gasteiger partial charge in [-0.15, -0.1) is 0 Å². The number of aliphatic hydroxyl groups excluding tert-OH is 1. The molecule has 0 saturated carbocycles. The molecule has 1 N–H and O–H groups in total. The van der Waals surface area contributed by atoms with Gasteiger partial charge in [0.05, 0.1) is 18.2 Å². The number of halogens is 1. The Balaban J connectivity index is 1.84. The van der Waals surface area contributed by atoms with Crippen LogP contribution >= 0.6 is 0 Å². The van der Waals surface area contributed by atoms with Crippen LogP contribution in [0.1, 0.15) is 36.1 Å². The highest BCUT2D eigenvalue weighted by molar-refractivity contribution is 6.46. The molecule has 33 heavy (non-hydrogen) atoms. The molecule has 0 bridgehead atoms. The molecule has 3 aromatic rings. The lowest BCUT2D eigenvalue weighted by Gasteiger charge is -2.25. The lowest BCUT2D eigenvalue weighted by molar-refractivity contribution is -0.140. The monoisotopic (exact) mass is 446 g/mol. The minimum absolute atomic E-state index is 0.0479. The number of aromatic nitrogens is 1. The molecular weight excluding hydrogens is 423 g/mol. The van der Waals surface area contributed by atoms with Gasteiger partial charge in [0.25, 0.3) is 11.7 Å². The summed E-state index contributed by atoms with van der Waals surface area (Å²) in [6, 6.07) is 14.9. The summed E-state index contributed by atoms with van der Waals surface area (Å²) in [6.45, 7) is 2.67. The Morgan fingerprint density at radius 3 is 2.52 bits per heavy atom. The molecule has 168 valence electrons. The summed E-state index contributed by atoms with van der Waals surface area (Å²) < 4.78 is 19.2. The number of carbonyl (C=O) groups is 2. The average Bonchev–Trinajstić information content (AvgIpc) is 3.08. The molecule has 1 saturated heterocycles. The van der Waals surface area contributed by atoms with Gasteiger partial charge in [-0.3, -0.25) is 14.6 Å². The first kappa shape index (κ1) is 22.2. The Hall–Kier alpha value is -4.00. The summed E-state index contributed by atoms with van der Waals surface area (Å²) in [6.07, 6.45) is 4.05. The first-order valence-electron chi connectivity index (χ1n) is 10.7. The van der Waals surface area contributed by atoms with E-state index in [9.17, 15) is 19.1 Å². The maximum atomic E-state index is 13.4. The van der Waals surface area contributed by atoms with Gasteiger partial charge < -0.3 is 14.7 Å².